The van der Waals surface area contributed by atoms with Crippen LogP contribution in [-0.4, -0.2) is 47.3 Å². The Bertz CT molecular complexity index is 1800. The van der Waals surface area contributed by atoms with Crippen LogP contribution in [0.3, 0.4) is 0 Å². The highest BCUT2D eigenvalue weighted by atomic mass is 32.2. The van der Waals surface area contributed by atoms with Crippen molar-refractivity contribution in [1.29, 1.82) is 5.26 Å². The van der Waals surface area contributed by atoms with Gasteiger partial charge >= 0.3 is 6.01 Å². The number of sulfone groups is 1. The van der Waals surface area contributed by atoms with Gasteiger partial charge in [-0.3, -0.25) is 9.36 Å². The number of hydrogen-bond acceptors (Lipinski definition) is 10. The molecule has 0 saturated carbocycles. The molecule has 0 aliphatic carbocycles. The van der Waals surface area contributed by atoms with Gasteiger partial charge in [-0.25, -0.2) is 13.4 Å². The van der Waals surface area contributed by atoms with E-state index in [2.05, 4.69) is 21.0 Å². The average Bonchev–Trinajstić information content (AvgIpc) is 3.01. The Kier molecular flexibility index (Phi) is 9.22. The summed E-state index contributed by atoms with van der Waals surface area (Å²) in [5, 5.41) is 20.3. The van der Waals surface area contributed by atoms with Gasteiger partial charge in [-0.15, -0.1) is 0 Å². The molecular weight excluding hydrogens is 558 g/mol. The van der Waals surface area contributed by atoms with E-state index in [1.807, 2.05) is 13.8 Å². The van der Waals surface area contributed by atoms with E-state index < -0.39 is 32.2 Å². The Balaban J connectivity index is 1.85. The molecule has 1 atom stereocenters. The van der Waals surface area contributed by atoms with Crippen molar-refractivity contribution in [3.05, 3.63) is 82.0 Å². The molecule has 11 nitrogen and oxygen atoms in total. The number of aromatic hydroxyl groups is 1. The van der Waals surface area contributed by atoms with Crippen LogP contribution in [0.5, 0.6) is 17.8 Å². The number of nitriles is 1. The summed E-state index contributed by atoms with van der Waals surface area (Å²) >= 11 is 0. The molecule has 4 aromatic rings. The van der Waals surface area contributed by atoms with Gasteiger partial charge < -0.3 is 14.6 Å². The van der Waals surface area contributed by atoms with Crippen molar-refractivity contribution in [2.45, 2.75) is 55.4 Å². The molecule has 12 heteroatoms. The summed E-state index contributed by atoms with van der Waals surface area (Å²) in [6.45, 7) is 3.84. The summed E-state index contributed by atoms with van der Waals surface area (Å²) in [5.74, 6) is -0.345. The zero-order valence-electron chi connectivity index (χ0n) is 23.7. The topological polar surface area (TPSA) is 157 Å². The largest absolute Gasteiger partial charge is 0.492 e. The van der Waals surface area contributed by atoms with Crippen molar-refractivity contribution in [3.63, 3.8) is 0 Å². The minimum absolute atomic E-state index is 0.112. The average molecular weight is 590 g/mol. The molecule has 2 heterocycles. The fraction of sp³-hybridized carbons (Fsp3) is 0.300. The molecule has 0 aliphatic rings. The zero-order valence-corrected chi connectivity index (χ0v) is 24.6. The van der Waals surface area contributed by atoms with E-state index in [-0.39, 0.29) is 22.6 Å². The smallest absolute Gasteiger partial charge is 0.319 e. The predicted octanol–water partition coefficient (Wildman–Crippen LogP) is 4.47. The minimum Gasteiger partial charge on any atom is -0.492 e. The number of ether oxygens (including phenoxy) is 2. The fourth-order valence-corrected chi connectivity index (χ4v) is 6.08. The summed E-state index contributed by atoms with van der Waals surface area (Å²) in [5.41, 5.74) is 1.25. The van der Waals surface area contributed by atoms with Gasteiger partial charge in [0.1, 0.15) is 5.82 Å². The third kappa shape index (κ3) is 5.82. The maximum Gasteiger partial charge on any atom is 0.319 e. The van der Waals surface area contributed by atoms with Crippen molar-refractivity contribution in [1.82, 2.24) is 19.5 Å². The molecule has 1 N–H and O–H groups in total. The number of aryl methyl sites for hydroxylation is 1. The highest BCUT2D eigenvalue weighted by Crippen LogP contribution is 2.32. The van der Waals surface area contributed by atoms with Crippen LogP contribution >= 0.6 is 0 Å². The number of nitrogens with zero attached hydrogens (tertiary/aromatic N) is 5. The first-order valence-corrected chi connectivity index (χ1v) is 14.8. The second-order valence-electron chi connectivity index (χ2n) is 9.43. The van der Waals surface area contributed by atoms with Gasteiger partial charge in [0, 0.05) is 12.6 Å². The second kappa shape index (κ2) is 12.8. The lowest BCUT2D eigenvalue weighted by Crippen LogP contribution is -2.33. The summed E-state index contributed by atoms with van der Waals surface area (Å²) in [6, 6.07) is 14.1. The van der Waals surface area contributed by atoms with Crippen LogP contribution in [0.2, 0.25) is 0 Å². The Morgan fingerprint density at radius 3 is 2.43 bits per heavy atom. The van der Waals surface area contributed by atoms with Crippen LogP contribution in [0.4, 0.5) is 0 Å². The molecule has 0 spiro atoms. The van der Waals surface area contributed by atoms with E-state index in [9.17, 15) is 23.6 Å². The molecule has 0 radical (unpaired) electrons. The van der Waals surface area contributed by atoms with Crippen LogP contribution in [-0.2, 0) is 16.3 Å². The standard InChI is InChI=1S/C30H31N5O6S/c1-5-7-11-25-33-27(36)26(29(37)35(25)24(6-2)21-10-8-9-19(16-21)17-31)42(38,39)22-14-12-20(13-15-22)23-18-32-30(41-4)34-28(23)40-3/h8-10,12-16,18,24,36H,5-7,11H2,1-4H3/t24-/m0/s1. The second-order valence-corrected chi connectivity index (χ2v) is 11.3. The number of methoxy groups -OCH3 is 2. The van der Waals surface area contributed by atoms with E-state index in [1.54, 1.807) is 24.3 Å². The SMILES string of the molecule is CCCCc1nc(O)c(S(=O)(=O)c2ccc(-c3cnc(OC)nc3OC)cc2)c(=O)n1[C@@H](CC)c1cccc(C#N)c1. The van der Waals surface area contributed by atoms with Gasteiger partial charge in [0.2, 0.25) is 21.6 Å². The van der Waals surface area contributed by atoms with Crippen LogP contribution < -0.4 is 15.0 Å². The molecule has 42 heavy (non-hydrogen) atoms. The summed E-state index contributed by atoms with van der Waals surface area (Å²) in [7, 11) is -1.64. The van der Waals surface area contributed by atoms with Crippen molar-refractivity contribution < 1.29 is 23.0 Å². The van der Waals surface area contributed by atoms with Gasteiger partial charge in [0.05, 0.1) is 42.4 Å². The molecular formula is C30H31N5O6S. The van der Waals surface area contributed by atoms with Crippen molar-refractivity contribution in [2.24, 2.45) is 0 Å². The molecule has 2 aromatic carbocycles. The lowest BCUT2D eigenvalue weighted by atomic mass is 10.0. The van der Waals surface area contributed by atoms with E-state index in [4.69, 9.17) is 9.47 Å². The maximum atomic E-state index is 14.0. The quantitative estimate of drug-likeness (QED) is 0.265. The van der Waals surface area contributed by atoms with E-state index in [1.165, 1.54) is 49.2 Å². The van der Waals surface area contributed by atoms with Crippen molar-refractivity contribution in [2.75, 3.05) is 14.2 Å². The molecule has 0 aliphatic heterocycles. The molecule has 4 rings (SSSR count). The van der Waals surface area contributed by atoms with Crippen molar-refractivity contribution in [3.8, 4) is 35.0 Å². The summed E-state index contributed by atoms with van der Waals surface area (Å²) < 4.78 is 39.4. The Morgan fingerprint density at radius 2 is 1.81 bits per heavy atom. The minimum atomic E-state index is -4.50. The van der Waals surface area contributed by atoms with Crippen LogP contribution in [0.25, 0.3) is 11.1 Å². The molecule has 0 amide bonds. The summed E-state index contributed by atoms with van der Waals surface area (Å²) in [4.78, 5) is 25.5. The Morgan fingerprint density at radius 1 is 1.07 bits per heavy atom. The van der Waals surface area contributed by atoms with Gasteiger partial charge in [-0.1, -0.05) is 44.5 Å². The van der Waals surface area contributed by atoms with Crippen LogP contribution in [0.1, 0.15) is 56.1 Å². The molecule has 0 fully saturated rings. The predicted molar refractivity (Wildman–Crippen MR) is 154 cm³/mol. The highest BCUT2D eigenvalue weighted by Gasteiger charge is 2.31. The van der Waals surface area contributed by atoms with Crippen molar-refractivity contribution >= 4 is 9.84 Å². The third-order valence-electron chi connectivity index (χ3n) is 6.83. The first-order chi connectivity index (χ1) is 20.2. The molecule has 2 aromatic heterocycles. The maximum absolute atomic E-state index is 14.0. The number of benzene rings is 2. The Hall–Kier alpha value is -4.76. The van der Waals surface area contributed by atoms with Gasteiger partial charge in [-0.2, -0.15) is 15.2 Å². The lowest BCUT2D eigenvalue weighted by molar-refractivity contribution is 0.353. The van der Waals surface area contributed by atoms with E-state index >= 15 is 0 Å². The van der Waals surface area contributed by atoms with Crippen LogP contribution in [0.15, 0.2) is 69.3 Å². The molecule has 0 saturated heterocycles. The fourth-order valence-electron chi connectivity index (χ4n) is 4.73. The molecule has 0 bridgehead atoms. The first kappa shape index (κ1) is 30.2. The van der Waals surface area contributed by atoms with Gasteiger partial charge in [0.15, 0.2) is 4.90 Å². The van der Waals surface area contributed by atoms with Gasteiger partial charge in [-0.05, 0) is 48.2 Å². The zero-order chi connectivity index (χ0) is 30.4. The number of hydrogen-bond donors (Lipinski definition) is 1. The number of aromatic nitrogens is 4. The number of unbranched alkanes of at least 4 members (excludes halogenated alkanes) is 1. The molecule has 218 valence electrons. The van der Waals surface area contributed by atoms with E-state index in [0.717, 1.165) is 6.42 Å². The molecule has 0 unspecified atom stereocenters. The Labute approximate surface area is 244 Å². The summed E-state index contributed by atoms with van der Waals surface area (Å²) in [6.07, 6.45) is 3.74. The van der Waals surface area contributed by atoms with Gasteiger partial charge in [0.25, 0.3) is 5.56 Å². The first-order valence-electron chi connectivity index (χ1n) is 13.3. The normalized spacial score (nSPS) is 12.0. The van der Waals surface area contributed by atoms with Crippen LogP contribution in [0, 0.1) is 11.3 Å². The highest BCUT2D eigenvalue weighted by molar-refractivity contribution is 7.91. The third-order valence-corrected chi connectivity index (χ3v) is 8.62. The van der Waals surface area contributed by atoms with E-state index in [0.29, 0.717) is 41.5 Å². The number of rotatable bonds is 11. The lowest BCUT2D eigenvalue weighted by Gasteiger charge is -2.23. The monoisotopic (exact) mass is 589 g/mol.